The van der Waals surface area contributed by atoms with Crippen LogP contribution >= 0.6 is 0 Å². The lowest BCUT2D eigenvalue weighted by Crippen LogP contribution is -2.54. The van der Waals surface area contributed by atoms with Crippen molar-refractivity contribution in [2.45, 2.75) is 37.5 Å². The molecule has 2 atom stereocenters. The maximum Gasteiger partial charge on any atom is 0.125 e. The van der Waals surface area contributed by atoms with Gasteiger partial charge in [0.2, 0.25) is 0 Å². The SMILES string of the molecule is Oc1cccc([C@@]23CCN(CC4CC4)C[C@@H]2Cc2cc4ccc(F)cc4nc2C3)c1. The van der Waals surface area contributed by atoms with Crippen LogP contribution in [0.3, 0.4) is 0 Å². The summed E-state index contributed by atoms with van der Waals surface area (Å²) in [5.41, 5.74) is 4.36. The van der Waals surface area contributed by atoms with E-state index < -0.39 is 0 Å². The van der Waals surface area contributed by atoms with E-state index >= 15 is 0 Å². The summed E-state index contributed by atoms with van der Waals surface area (Å²) in [6.07, 6.45) is 5.70. The Balaban J connectivity index is 1.44. The quantitative estimate of drug-likeness (QED) is 0.681. The van der Waals surface area contributed by atoms with E-state index in [-0.39, 0.29) is 11.2 Å². The van der Waals surface area contributed by atoms with E-state index in [1.807, 2.05) is 18.2 Å². The molecule has 1 saturated heterocycles. The standard InChI is InChI=1S/C26H27FN2O/c27-22-7-6-18-10-19-11-21-16-29(15-17-4-5-17)9-8-26(21,14-25(19)28-24(18)13-22)20-2-1-3-23(30)12-20/h1-3,6-7,10,12-13,17,21,30H,4-5,8-9,11,14-16H2/t21-,26-/m0/s1. The predicted octanol–water partition coefficient (Wildman–Crippen LogP) is 4.85. The maximum absolute atomic E-state index is 13.8. The van der Waals surface area contributed by atoms with Crippen molar-refractivity contribution in [3.05, 3.63) is 71.2 Å². The first kappa shape index (κ1) is 18.3. The molecule has 3 aliphatic rings. The van der Waals surface area contributed by atoms with Crippen molar-refractivity contribution < 1.29 is 9.50 Å². The van der Waals surface area contributed by atoms with Crippen LogP contribution in [0.2, 0.25) is 0 Å². The molecule has 4 heteroatoms. The third-order valence-corrected chi connectivity index (χ3v) is 7.67. The number of pyridine rings is 1. The summed E-state index contributed by atoms with van der Waals surface area (Å²) in [4.78, 5) is 7.59. The Morgan fingerprint density at radius 1 is 1.13 bits per heavy atom. The Morgan fingerprint density at radius 2 is 2.03 bits per heavy atom. The zero-order valence-electron chi connectivity index (χ0n) is 17.1. The van der Waals surface area contributed by atoms with E-state index in [2.05, 4.69) is 17.0 Å². The van der Waals surface area contributed by atoms with Gasteiger partial charge in [0.25, 0.3) is 0 Å². The molecular formula is C26H27FN2O. The lowest BCUT2D eigenvalue weighted by atomic mass is 9.58. The summed E-state index contributed by atoms with van der Waals surface area (Å²) < 4.78 is 13.8. The van der Waals surface area contributed by atoms with Gasteiger partial charge in [0, 0.05) is 42.1 Å². The highest BCUT2D eigenvalue weighted by Gasteiger charge is 2.48. The van der Waals surface area contributed by atoms with Gasteiger partial charge in [-0.05, 0) is 85.5 Å². The van der Waals surface area contributed by atoms with E-state index in [9.17, 15) is 9.50 Å². The molecule has 2 aliphatic carbocycles. The summed E-state index contributed by atoms with van der Waals surface area (Å²) in [7, 11) is 0. The average Bonchev–Trinajstić information content (AvgIpc) is 3.55. The molecule has 2 fully saturated rings. The summed E-state index contributed by atoms with van der Waals surface area (Å²) in [6, 6.07) is 15.0. The minimum atomic E-state index is -0.236. The van der Waals surface area contributed by atoms with Crippen LogP contribution in [0.25, 0.3) is 10.9 Å². The number of aromatic nitrogens is 1. The molecule has 2 heterocycles. The zero-order valence-corrected chi connectivity index (χ0v) is 17.1. The number of hydrogen-bond acceptors (Lipinski definition) is 3. The molecule has 0 unspecified atom stereocenters. The number of likely N-dealkylation sites (tertiary alicyclic amines) is 1. The number of piperidine rings is 1. The van der Waals surface area contributed by atoms with Gasteiger partial charge in [-0.15, -0.1) is 0 Å². The van der Waals surface area contributed by atoms with E-state index in [0.717, 1.165) is 54.9 Å². The highest BCUT2D eigenvalue weighted by molar-refractivity contribution is 5.79. The third-order valence-electron chi connectivity index (χ3n) is 7.67. The number of aromatic hydroxyl groups is 1. The number of benzene rings is 2. The van der Waals surface area contributed by atoms with E-state index in [0.29, 0.717) is 11.7 Å². The van der Waals surface area contributed by atoms with Crippen LogP contribution in [0.1, 0.15) is 36.1 Å². The molecule has 1 N–H and O–H groups in total. The smallest absolute Gasteiger partial charge is 0.125 e. The Labute approximate surface area is 176 Å². The first-order valence-electron chi connectivity index (χ1n) is 11.2. The van der Waals surface area contributed by atoms with Gasteiger partial charge < -0.3 is 10.0 Å². The number of halogens is 1. The molecule has 1 saturated carbocycles. The Hall–Kier alpha value is -2.46. The molecule has 0 bridgehead atoms. The molecule has 3 nitrogen and oxygen atoms in total. The fraction of sp³-hybridized carbons (Fsp3) is 0.423. The molecule has 0 amide bonds. The van der Waals surface area contributed by atoms with Gasteiger partial charge in [-0.3, -0.25) is 4.98 Å². The van der Waals surface area contributed by atoms with E-state index in [1.54, 1.807) is 12.1 Å². The second kappa shape index (κ2) is 6.78. The average molecular weight is 403 g/mol. The van der Waals surface area contributed by atoms with E-state index in [4.69, 9.17) is 4.98 Å². The Kier molecular flexibility index (Phi) is 4.14. The zero-order chi connectivity index (χ0) is 20.3. The van der Waals surface area contributed by atoms with Crippen LogP contribution in [0, 0.1) is 17.7 Å². The Bertz CT molecular complexity index is 1130. The molecule has 3 aromatic rings. The molecule has 1 aliphatic heterocycles. The fourth-order valence-electron chi connectivity index (χ4n) is 5.88. The number of hydrogen-bond donors (Lipinski definition) is 1. The highest BCUT2D eigenvalue weighted by Crippen LogP contribution is 2.49. The van der Waals surface area contributed by atoms with Gasteiger partial charge >= 0.3 is 0 Å². The van der Waals surface area contributed by atoms with Gasteiger partial charge in [0.1, 0.15) is 11.6 Å². The predicted molar refractivity (Wildman–Crippen MR) is 116 cm³/mol. The second-order valence-electron chi connectivity index (χ2n) is 9.67. The monoisotopic (exact) mass is 402 g/mol. The van der Waals surface area contributed by atoms with Crippen LogP contribution in [0.5, 0.6) is 5.75 Å². The van der Waals surface area contributed by atoms with Gasteiger partial charge in [-0.25, -0.2) is 4.39 Å². The van der Waals surface area contributed by atoms with Gasteiger partial charge in [-0.2, -0.15) is 0 Å². The van der Waals surface area contributed by atoms with Crippen LogP contribution in [-0.2, 0) is 18.3 Å². The topological polar surface area (TPSA) is 36.4 Å². The van der Waals surface area contributed by atoms with Crippen LogP contribution in [0.15, 0.2) is 48.5 Å². The van der Waals surface area contributed by atoms with Gasteiger partial charge in [-0.1, -0.05) is 12.1 Å². The first-order chi connectivity index (χ1) is 14.6. The molecule has 1 aromatic heterocycles. The third kappa shape index (κ3) is 3.09. The highest BCUT2D eigenvalue weighted by atomic mass is 19.1. The van der Waals surface area contributed by atoms with Crippen molar-refractivity contribution >= 4 is 10.9 Å². The molecule has 154 valence electrons. The minimum absolute atomic E-state index is 0.0141. The summed E-state index contributed by atoms with van der Waals surface area (Å²) in [5, 5.41) is 11.2. The van der Waals surface area contributed by atoms with Crippen molar-refractivity contribution in [1.82, 2.24) is 9.88 Å². The summed E-state index contributed by atoms with van der Waals surface area (Å²) in [6.45, 7) is 3.43. The van der Waals surface area contributed by atoms with Crippen molar-refractivity contribution in [1.29, 1.82) is 0 Å². The minimum Gasteiger partial charge on any atom is -0.508 e. The number of nitrogens with zero attached hydrogens (tertiary/aromatic N) is 2. The largest absolute Gasteiger partial charge is 0.508 e. The van der Waals surface area contributed by atoms with Crippen molar-refractivity contribution in [3.63, 3.8) is 0 Å². The molecule has 0 spiro atoms. The van der Waals surface area contributed by atoms with Crippen molar-refractivity contribution in [2.75, 3.05) is 19.6 Å². The normalized spacial score (nSPS) is 26.4. The lowest BCUT2D eigenvalue weighted by molar-refractivity contribution is 0.0777. The van der Waals surface area contributed by atoms with Crippen molar-refractivity contribution in [3.8, 4) is 5.75 Å². The number of fused-ring (bicyclic) bond motifs is 3. The molecule has 30 heavy (non-hydrogen) atoms. The summed E-state index contributed by atoms with van der Waals surface area (Å²) >= 11 is 0. The maximum atomic E-state index is 13.8. The first-order valence-corrected chi connectivity index (χ1v) is 11.2. The number of rotatable bonds is 3. The molecular weight excluding hydrogens is 375 g/mol. The Morgan fingerprint density at radius 3 is 2.87 bits per heavy atom. The van der Waals surface area contributed by atoms with Crippen molar-refractivity contribution in [2.24, 2.45) is 11.8 Å². The van der Waals surface area contributed by atoms with Crippen LogP contribution in [-0.4, -0.2) is 34.6 Å². The fourth-order valence-corrected chi connectivity index (χ4v) is 5.88. The van der Waals surface area contributed by atoms with Crippen LogP contribution < -0.4 is 0 Å². The number of phenolic OH excluding ortho intramolecular Hbond substituents is 1. The van der Waals surface area contributed by atoms with Crippen LogP contribution in [0.4, 0.5) is 4.39 Å². The van der Waals surface area contributed by atoms with Gasteiger partial charge in [0.15, 0.2) is 0 Å². The second-order valence-corrected chi connectivity index (χ2v) is 9.67. The van der Waals surface area contributed by atoms with E-state index in [1.165, 1.54) is 36.6 Å². The molecule has 6 rings (SSSR count). The lowest BCUT2D eigenvalue weighted by Gasteiger charge is -2.51. The summed E-state index contributed by atoms with van der Waals surface area (Å²) in [5.74, 6) is 1.49. The molecule has 2 aromatic carbocycles. The number of phenols is 1. The van der Waals surface area contributed by atoms with Gasteiger partial charge in [0.05, 0.1) is 5.52 Å². The molecule has 0 radical (unpaired) electrons.